The van der Waals surface area contributed by atoms with Gasteiger partial charge in [0.2, 0.25) is 0 Å². The van der Waals surface area contributed by atoms with Crippen LogP contribution in [0.2, 0.25) is 0 Å². The van der Waals surface area contributed by atoms with Crippen molar-refractivity contribution in [3.63, 3.8) is 0 Å². The highest BCUT2D eigenvalue weighted by Gasteiger charge is 2.29. The SMILES string of the molecule is CS(=O)(=O)n1cc([N+](=O)[O-])c(OC2COC2)n1. The monoisotopic (exact) mass is 263 g/mol. The maximum absolute atomic E-state index is 11.2. The highest BCUT2D eigenvalue weighted by atomic mass is 32.2. The second-order valence-corrected chi connectivity index (χ2v) is 5.33. The van der Waals surface area contributed by atoms with E-state index in [0.29, 0.717) is 17.3 Å². The summed E-state index contributed by atoms with van der Waals surface area (Å²) in [5.41, 5.74) is -0.484. The number of hydrogen-bond donors (Lipinski definition) is 0. The molecule has 0 unspecified atom stereocenters. The lowest BCUT2D eigenvalue weighted by Gasteiger charge is -2.25. The molecule has 0 saturated carbocycles. The van der Waals surface area contributed by atoms with Crippen LogP contribution in [0.25, 0.3) is 0 Å². The second kappa shape index (κ2) is 3.96. The van der Waals surface area contributed by atoms with E-state index in [1.807, 2.05) is 0 Å². The minimum atomic E-state index is -3.67. The fraction of sp³-hybridized carbons (Fsp3) is 0.571. The zero-order valence-corrected chi connectivity index (χ0v) is 9.58. The minimum Gasteiger partial charge on any atom is -0.463 e. The molecule has 0 aromatic carbocycles. The Bertz CT molecular complexity index is 546. The molecule has 1 aromatic heterocycles. The summed E-state index contributed by atoms with van der Waals surface area (Å²) in [6.07, 6.45) is 1.38. The molecule has 2 rings (SSSR count). The normalized spacial score (nSPS) is 16.5. The lowest BCUT2D eigenvalue weighted by atomic mass is 10.3. The third kappa shape index (κ3) is 2.36. The molecule has 94 valence electrons. The van der Waals surface area contributed by atoms with Crippen LogP contribution in [0.3, 0.4) is 0 Å². The van der Waals surface area contributed by atoms with Crippen molar-refractivity contribution in [2.24, 2.45) is 0 Å². The van der Waals surface area contributed by atoms with E-state index in [4.69, 9.17) is 9.47 Å². The van der Waals surface area contributed by atoms with Crippen LogP contribution in [0.4, 0.5) is 5.69 Å². The highest BCUT2D eigenvalue weighted by molar-refractivity contribution is 7.89. The average Bonchev–Trinajstić information content (AvgIpc) is 2.54. The number of nitro groups is 1. The largest absolute Gasteiger partial charge is 0.463 e. The molecule has 1 aliphatic rings. The van der Waals surface area contributed by atoms with Crippen LogP contribution < -0.4 is 4.74 Å². The van der Waals surface area contributed by atoms with Crippen molar-refractivity contribution in [2.75, 3.05) is 19.5 Å². The zero-order valence-electron chi connectivity index (χ0n) is 8.77. The Morgan fingerprint density at radius 1 is 1.65 bits per heavy atom. The summed E-state index contributed by atoms with van der Waals surface area (Å²) in [6, 6.07) is 0. The van der Waals surface area contributed by atoms with Gasteiger partial charge in [-0.2, -0.15) is 4.09 Å². The van der Waals surface area contributed by atoms with Gasteiger partial charge in [0, 0.05) is 0 Å². The van der Waals surface area contributed by atoms with Crippen LogP contribution in [0.1, 0.15) is 0 Å². The number of ether oxygens (including phenoxy) is 2. The van der Waals surface area contributed by atoms with Crippen LogP contribution in [0, 0.1) is 10.1 Å². The summed E-state index contributed by atoms with van der Waals surface area (Å²) in [5, 5.41) is 14.2. The number of hydrogen-bond acceptors (Lipinski definition) is 7. The first-order chi connectivity index (χ1) is 7.88. The smallest absolute Gasteiger partial charge is 0.351 e. The summed E-state index contributed by atoms with van der Waals surface area (Å²) in [5.74, 6) is -0.311. The highest BCUT2D eigenvalue weighted by Crippen LogP contribution is 2.27. The van der Waals surface area contributed by atoms with E-state index < -0.39 is 20.6 Å². The fourth-order valence-corrected chi connectivity index (χ4v) is 1.66. The number of aromatic nitrogens is 2. The Balaban J connectivity index is 2.34. The Labute approximate surface area is 96.1 Å². The van der Waals surface area contributed by atoms with Crippen molar-refractivity contribution in [3.05, 3.63) is 16.3 Å². The van der Waals surface area contributed by atoms with Gasteiger partial charge in [-0.3, -0.25) is 10.1 Å². The average molecular weight is 263 g/mol. The van der Waals surface area contributed by atoms with Gasteiger partial charge in [0.25, 0.3) is 10.0 Å². The third-order valence-electron chi connectivity index (χ3n) is 2.06. The van der Waals surface area contributed by atoms with Crippen LogP contribution in [-0.2, 0) is 14.8 Å². The molecular weight excluding hydrogens is 254 g/mol. The van der Waals surface area contributed by atoms with Crippen molar-refractivity contribution >= 4 is 15.7 Å². The standard InChI is InChI=1S/C7H9N3O6S/c1-17(13,14)9-2-6(10(11)12)7(8-9)16-5-3-15-4-5/h2,5H,3-4H2,1H3. The number of nitrogens with zero attached hydrogens (tertiary/aromatic N) is 3. The van der Waals surface area contributed by atoms with E-state index in [1.165, 1.54) is 0 Å². The fourth-order valence-electron chi connectivity index (χ4n) is 1.15. The molecule has 0 radical (unpaired) electrons. The second-order valence-electron chi connectivity index (χ2n) is 3.49. The summed E-state index contributed by atoms with van der Waals surface area (Å²) >= 11 is 0. The Hall–Kier alpha value is -1.68. The van der Waals surface area contributed by atoms with Gasteiger partial charge in [-0.25, -0.2) is 8.42 Å². The summed E-state index contributed by atoms with van der Waals surface area (Å²) in [7, 11) is -3.67. The topological polar surface area (TPSA) is 114 Å². The van der Waals surface area contributed by atoms with Gasteiger partial charge in [0.05, 0.1) is 24.4 Å². The lowest BCUT2D eigenvalue weighted by molar-refractivity contribution is -0.386. The Kier molecular flexibility index (Phi) is 2.75. The van der Waals surface area contributed by atoms with Crippen molar-refractivity contribution in [3.8, 4) is 5.88 Å². The third-order valence-corrected chi connectivity index (χ3v) is 2.93. The van der Waals surface area contributed by atoms with E-state index in [-0.39, 0.29) is 12.0 Å². The number of rotatable bonds is 4. The molecule has 0 N–H and O–H groups in total. The Morgan fingerprint density at radius 2 is 2.29 bits per heavy atom. The van der Waals surface area contributed by atoms with Gasteiger partial charge in [0.1, 0.15) is 12.3 Å². The molecule has 1 saturated heterocycles. The molecule has 0 atom stereocenters. The quantitative estimate of drug-likeness (QED) is 0.525. The minimum absolute atomic E-state index is 0.308. The predicted octanol–water partition coefficient (Wildman–Crippen LogP) is -0.623. The van der Waals surface area contributed by atoms with Crippen molar-refractivity contribution in [1.29, 1.82) is 0 Å². The van der Waals surface area contributed by atoms with Gasteiger partial charge in [-0.05, 0) is 0 Å². The molecule has 0 amide bonds. The van der Waals surface area contributed by atoms with Crippen molar-refractivity contribution in [2.45, 2.75) is 6.10 Å². The molecule has 0 bridgehead atoms. The first-order valence-electron chi connectivity index (χ1n) is 4.57. The van der Waals surface area contributed by atoms with Crippen LogP contribution >= 0.6 is 0 Å². The zero-order chi connectivity index (χ0) is 12.6. The van der Waals surface area contributed by atoms with Gasteiger partial charge >= 0.3 is 11.6 Å². The maximum Gasteiger partial charge on any atom is 0.351 e. The van der Waals surface area contributed by atoms with Gasteiger partial charge in [0.15, 0.2) is 0 Å². The molecule has 0 spiro atoms. The maximum atomic E-state index is 11.2. The Morgan fingerprint density at radius 3 is 2.71 bits per heavy atom. The van der Waals surface area contributed by atoms with Crippen LogP contribution in [0.15, 0.2) is 6.20 Å². The molecule has 0 aliphatic carbocycles. The van der Waals surface area contributed by atoms with Crippen LogP contribution in [0.5, 0.6) is 5.88 Å². The summed E-state index contributed by atoms with van der Waals surface area (Å²) < 4.78 is 32.9. The molecule has 10 heteroatoms. The van der Waals surface area contributed by atoms with Gasteiger partial charge < -0.3 is 9.47 Å². The molecule has 1 aliphatic heterocycles. The van der Waals surface area contributed by atoms with E-state index in [2.05, 4.69) is 5.10 Å². The van der Waals surface area contributed by atoms with E-state index in [0.717, 1.165) is 12.5 Å². The molecule has 1 aromatic rings. The molecule has 2 heterocycles. The summed E-state index contributed by atoms with van der Waals surface area (Å²) in [6.45, 7) is 0.617. The lowest BCUT2D eigenvalue weighted by Crippen LogP contribution is -2.38. The first kappa shape index (κ1) is 11.8. The van der Waals surface area contributed by atoms with Crippen molar-refractivity contribution < 1.29 is 22.8 Å². The summed E-state index contributed by atoms with van der Waals surface area (Å²) in [4.78, 5) is 9.95. The van der Waals surface area contributed by atoms with Gasteiger partial charge in [-0.15, -0.1) is 5.10 Å². The van der Waals surface area contributed by atoms with Crippen molar-refractivity contribution in [1.82, 2.24) is 9.19 Å². The van der Waals surface area contributed by atoms with Crippen LogP contribution in [-0.4, -0.2) is 48.1 Å². The molecule has 1 fully saturated rings. The molecule has 9 nitrogen and oxygen atoms in total. The first-order valence-corrected chi connectivity index (χ1v) is 6.42. The van der Waals surface area contributed by atoms with E-state index in [9.17, 15) is 18.5 Å². The predicted molar refractivity (Wildman–Crippen MR) is 54.4 cm³/mol. The van der Waals surface area contributed by atoms with E-state index >= 15 is 0 Å². The molecule has 17 heavy (non-hydrogen) atoms. The van der Waals surface area contributed by atoms with Gasteiger partial charge in [-0.1, -0.05) is 0 Å². The molecular formula is C7H9N3O6S. The van der Waals surface area contributed by atoms with E-state index in [1.54, 1.807) is 0 Å².